The maximum Gasteiger partial charge on any atom is 0.125 e. The first-order valence-corrected chi connectivity index (χ1v) is 6.15. The molecule has 0 bridgehead atoms. The zero-order valence-corrected chi connectivity index (χ0v) is 10.9. The summed E-state index contributed by atoms with van der Waals surface area (Å²) in [6.07, 6.45) is 3.07. The number of rotatable bonds is 3. The van der Waals surface area contributed by atoms with E-state index >= 15 is 0 Å². The van der Waals surface area contributed by atoms with Crippen LogP contribution in [0.3, 0.4) is 0 Å². The quantitative estimate of drug-likeness (QED) is 0.635. The van der Waals surface area contributed by atoms with Crippen molar-refractivity contribution in [2.45, 2.75) is 38.7 Å². The van der Waals surface area contributed by atoms with Crippen LogP contribution in [-0.2, 0) is 0 Å². The maximum atomic E-state index is 6.02. The third-order valence-corrected chi connectivity index (χ3v) is 3.64. The zero-order chi connectivity index (χ0) is 12.6. The van der Waals surface area contributed by atoms with Crippen LogP contribution >= 0.6 is 0 Å². The molecule has 1 aliphatic rings. The number of anilines is 1. The maximum absolute atomic E-state index is 6.02. The molecule has 1 heterocycles. The normalized spacial score (nSPS) is 22.6. The molecule has 1 aliphatic heterocycles. The highest BCUT2D eigenvalue weighted by atomic mass is 16.5. The van der Waals surface area contributed by atoms with E-state index in [0.717, 1.165) is 17.9 Å². The van der Waals surface area contributed by atoms with Gasteiger partial charge in [-0.15, -0.1) is 6.58 Å². The summed E-state index contributed by atoms with van der Waals surface area (Å²) < 4.78 is 6.02. The number of fused-ring (bicyclic) bond motifs is 1. The van der Waals surface area contributed by atoms with Crippen LogP contribution in [0.15, 0.2) is 30.9 Å². The summed E-state index contributed by atoms with van der Waals surface area (Å²) in [6, 6.07) is 5.98. The minimum Gasteiger partial charge on any atom is -0.487 e. The molecule has 17 heavy (non-hydrogen) atoms. The second-order valence-corrected chi connectivity index (χ2v) is 5.50. The minimum atomic E-state index is -0.159. The van der Waals surface area contributed by atoms with E-state index in [9.17, 15) is 0 Å². The molecule has 0 fully saturated rings. The molecule has 2 atom stereocenters. The van der Waals surface area contributed by atoms with E-state index in [0.29, 0.717) is 11.8 Å². The SMILES string of the molecule is C=CC(C)CC1c2ccc(N)cc2OC1(C)C. The molecule has 2 nitrogen and oxygen atoms in total. The second-order valence-electron chi connectivity index (χ2n) is 5.50. The van der Waals surface area contributed by atoms with Crippen molar-refractivity contribution in [3.63, 3.8) is 0 Å². The smallest absolute Gasteiger partial charge is 0.125 e. The predicted octanol–water partition coefficient (Wildman–Crippen LogP) is 3.74. The van der Waals surface area contributed by atoms with E-state index in [1.165, 1.54) is 5.56 Å². The van der Waals surface area contributed by atoms with Crippen LogP contribution in [0.1, 0.15) is 38.7 Å². The summed E-state index contributed by atoms with van der Waals surface area (Å²) in [6.45, 7) is 10.3. The van der Waals surface area contributed by atoms with Crippen LogP contribution in [0, 0.1) is 5.92 Å². The molecule has 2 unspecified atom stereocenters. The Balaban J connectivity index is 2.35. The molecule has 1 aromatic carbocycles. The van der Waals surface area contributed by atoms with Gasteiger partial charge < -0.3 is 10.5 Å². The Morgan fingerprint density at radius 3 is 2.88 bits per heavy atom. The van der Waals surface area contributed by atoms with Crippen molar-refractivity contribution in [2.75, 3.05) is 5.73 Å². The highest BCUT2D eigenvalue weighted by Gasteiger charge is 2.41. The van der Waals surface area contributed by atoms with E-state index < -0.39 is 0 Å². The van der Waals surface area contributed by atoms with Crippen LogP contribution in [0.25, 0.3) is 0 Å². The van der Waals surface area contributed by atoms with Gasteiger partial charge in [-0.05, 0) is 32.3 Å². The average Bonchev–Trinajstić information content (AvgIpc) is 2.49. The lowest BCUT2D eigenvalue weighted by molar-refractivity contribution is 0.103. The number of nitrogens with two attached hydrogens (primary N) is 1. The molecular formula is C15H21NO. The van der Waals surface area contributed by atoms with Gasteiger partial charge in [0, 0.05) is 23.2 Å². The number of benzene rings is 1. The number of ether oxygens (including phenoxy) is 1. The van der Waals surface area contributed by atoms with Crippen molar-refractivity contribution in [1.82, 2.24) is 0 Å². The molecule has 0 radical (unpaired) electrons. The van der Waals surface area contributed by atoms with E-state index in [1.54, 1.807) is 0 Å². The first kappa shape index (κ1) is 12.0. The van der Waals surface area contributed by atoms with Crippen LogP contribution in [0.2, 0.25) is 0 Å². The lowest BCUT2D eigenvalue weighted by Crippen LogP contribution is -2.31. The summed E-state index contributed by atoms with van der Waals surface area (Å²) in [4.78, 5) is 0. The van der Waals surface area contributed by atoms with Gasteiger partial charge in [-0.3, -0.25) is 0 Å². The van der Waals surface area contributed by atoms with Gasteiger partial charge in [-0.25, -0.2) is 0 Å². The molecule has 2 N–H and O–H groups in total. The lowest BCUT2D eigenvalue weighted by Gasteiger charge is -2.27. The van der Waals surface area contributed by atoms with Crippen LogP contribution < -0.4 is 10.5 Å². The van der Waals surface area contributed by atoms with Crippen molar-refractivity contribution < 1.29 is 4.74 Å². The topological polar surface area (TPSA) is 35.2 Å². The largest absolute Gasteiger partial charge is 0.487 e. The number of hydrogen-bond acceptors (Lipinski definition) is 2. The molecule has 2 rings (SSSR count). The van der Waals surface area contributed by atoms with Gasteiger partial charge in [-0.1, -0.05) is 19.1 Å². The summed E-state index contributed by atoms with van der Waals surface area (Å²) in [5.74, 6) is 1.84. The Labute approximate surface area is 103 Å². The molecule has 92 valence electrons. The molecule has 0 amide bonds. The number of nitrogen functional groups attached to an aromatic ring is 1. The van der Waals surface area contributed by atoms with E-state index in [2.05, 4.69) is 33.4 Å². The van der Waals surface area contributed by atoms with Crippen molar-refractivity contribution in [3.8, 4) is 5.75 Å². The molecule has 0 saturated carbocycles. The fraction of sp³-hybridized carbons (Fsp3) is 0.467. The van der Waals surface area contributed by atoms with Crippen molar-refractivity contribution in [1.29, 1.82) is 0 Å². The van der Waals surface area contributed by atoms with Crippen molar-refractivity contribution in [3.05, 3.63) is 36.4 Å². The highest BCUT2D eigenvalue weighted by Crippen LogP contribution is 2.48. The molecular weight excluding hydrogens is 210 g/mol. The first-order chi connectivity index (χ1) is 7.94. The van der Waals surface area contributed by atoms with Gasteiger partial charge in [0.2, 0.25) is 0 Å². The standard InChI is InChI=1S/C15H21NO/c1-5-10(2)8-13-12-7-6-11(16)9-14(12)17-15(13,3)4/h5-7,9-10,13H,1,8,16H2,2-4H3. The monoisotopic (exact) mass is 231 g/mol. The molecule has 0 aliphatic carbocycles. The Morgan fingerprint density at radius 1 is 1.53 bits per heavy atom. The van der Waals surface area contributed by atoms with Crippen LogP contribution in [0.4, 0.5) is 5.69 Å². The Bertz CT molecular complexity index is 437. The highest BCUT2D eigenvalue weighted by molar-refractivity contribution is 5.52. The third kappa shape index (κ3) is 2.17. The van der Waals surface area contributed by atoms with Gasteiger partial charge in [0.05, 0.1) is 0 Å². The first-order valence-electron chi connectivity index (χ1n) is 6.15. The molecule has 1 aromatic rings. The number of hydrogen-bond donors (Lipinski definition) is 1. The van der Waals surface area contributed by atoms with Gasteiger partial charge in [0.1, 0.15) is 11.4 Å². The van der Waals surface area contributed by atoms with Crippen LogP contribution in [0.5, 0.6) is 5.75 Å². The van der Waals surface area contributed by atoms with Crippen molar-refractivity contribution in [2.24, 2.45) is 5.92 Å². The minimum absolute atomic E-state index is 0.159. The van der Waals surface area contributed by atoms with E-state index in [1.807, 2.05) is 18.2 Å². The third-order valence-electron chi connectivity index (χ3n) is 3.64. The molecule has 0 saturated heterocycles. The molecule has 0 spiro atoms. The average molecular weight is 231 g/mol. The summed E-state index contributed by atoms with van der Waals surface area (Å²) in [5.41, 5.74) is 7.67. The summed E-state index contributed by atoms with van der Waals surface area (Å²) in [7, 11) is 0. The summed E-state index contributed by atoms with van der Waals surface area (Å²) >= 11 is 0. The van der Waals surface area contributed by atoms with E-state index in [-0.39, 0.29) is 5.60 Å². The van der Waals surface area contributed by atoms with E-state index in [4.69, 9.17) is 10.5 Å². The Hall–Kier alpha value is -1.44. The summed E-state index contributed by atoms with van der Waals surface area (Å²) in [5, 5.41) is 0. The lowest BCUT2D eigenvalue weighted by atomic mass is 9.80. The fourth-order valence-electron chi connectivity index (χ4n) is 2.54. The Kier molecular flexibility index (Phi) is 2.90. The second kappa shape index (κ2) is 4.10. The van der Waals surface area contributed by atoms with Crippen LogP contribution in [-0.4, -0.2) is 5.60 Å². The van der Waals surface area contributed by atoms with Gasteiger partial charge >= 0.3 is 0 Å². The van der Waals surface area contributed by atoms with Gasteiger partial charge in [0.15, 0.2) is 0 Å². The zero-order valence-electron chi connectivity index (χ0n) is 10.9. The van der Waals surface area contributed by atoms with Gasteiger partial charge in [-0.2, -0.15) is 0 Å². The van der Waals surface area contributed by atoms with Gasteiger partial charge in [0.25, 0.3) is 0 Å². The van der Waals surface area contributed by atoms with Crippen molar-refractivity contribution >= 4 is 5.69 Å². The molecule has 2 heteroatoms. The Morgan fingerprint density at radius 2 is 2.24 bits per heavy atom. The number of allylic oxidation sites excluding steroid dienone is 1. The fourth-order valence-corrected chi connectivity index (χ4v) is 2.54. The predicted molar refractivity (Wildman–Crippen MR) is 72.3 cm³/mol. The molecule has 0 aromatic heterocycles.